The van der Waals surface area contributed by atoms with Gasteiger partial charge in [-0.1, -0.05) is 25.8 Å². The minimum Gasteiger partial charge on any atom is -0.393 e. The molecule has 25 heavy (non-hydrogen) atoms. The largest absolute Gasteiger partial charge is 0.393 e. The standard InChI is InChI=1S/C20H28N2O3/c1-13-10-17(13)19(24)21-16-8-5-7-14(11-16)20(25)22(2)12-15-6-3-4-9-18(15)23/h5,7-8,11,13,15,17-18,23H,3-4,6,9-10,12H2,1-2H3,(H,21,24). The molecule has 0 aromatic heterocycles. The first-order valence-corrected chi connectivity index (χ1v) is 9.30. The Balaban J connectivity index is 1.61. The summed E-state index contributed by atoms with van der Waals surface area (Å²) in [6.45, 7) is 2.63. The van der Waals surface area contributed by atoms with E-state index in [9.17, 15) is 14.7 Å². The van der Waals surface area contributed by atoms with Crippen molar-refractivity contribution < 1.29 is 14.7 Å². The highest BCUT2D eigenvalue weighted by Gasteiger charge is 2.39. The number of hydrogen-bond donors (Lipinski definition) is 2. The van der Waals surface area contributed by atoms with E-state index in [2.05, 4.69) is 12.2 Å². The number of nitrogens with zero attached hydrogens (tertiary/aromatic N) is 1. The molecule has 2 aliphatic carbocycles. The van der Waals surface area contributed by atoms with Crippen LogP contribution < -0.4 is 5.32 Å². The minimum atomic E-state index is -0.310. The molecule has 136 valence electrons. The van der Waals surface area contributed by atoms with E-state index in [4.69, 9.17) is 0 Å². The maximum atomic E-state index is 12.7. The summed E-state index contributed by atoms with van der Waals surface area (Å²) in [4.78, 5) is 26.4. The highest BCUT2D eigenvalue weighted by molar-refractivity contribution is 5.98. The lowest BCUT2D eigenvalue weighted by molar-refractivity contribution is -0.117. The van der Waals surface area contributed by atoms with Gasteiger partial charge in [-0.15, -0.1) is 0 Å². The third-order valence-electron chi connectivity index (χ3n) is 5.55. The predicted octanol–water partition coefficient (Wildman–Crippen LogP) is 2.90. The summed E-state index contributed by atoms with van der Waals surface area (Å²) in [6, 6.07) is 7.11. The molecule has 2 fully saturated rings. The van der Waals surface area contributed by atoms with Crippen LogP contribution in [0.1, 0.15) is 49.4 Å². The molecule has 1 aromatic rings. The van der Waals surface area contributed by atoms with Crippen LogP contribution in [-0.4, -0.2) is 41.5 Å². The molecule has 4 unspecified atom stereocenters. The topological polar surface area (TPSA) is 69.6 Å². The molecule has 0 radical (unpaired) electrons. The van der Waals surface area contributed by atoms with Crippen molar-refractivity contribution in [2.24, 2.45) is 17.8 Å². The lowest BCUT2D eigenvalue weighted by atomic mass is 9.86. The van der Waals surface area contributed by atoms with Crippen molar-refractivity contribution in [2.45, 2.75) is 45.1 Å². The van der Waals surface area contributed by atoms with Crippen LogP contribution >= 0.6 is 0 Å². The number of aliphatic hydroxyl groups is 1. The molecule has 0 heterocycles. The number of benzene rings is 1. The summed E-state index contributed by atoms with van der Waals surface area (Å²) >= 11 is 0. The van der Waals surface area contributed by atoms with E-state index in [0.29, 0.717) is 23.7 Å². The van der Waals surface area contributed by atoms with Crippen LogP contribution in [0.3, 0.4) is 0 Å². The third kappa shape index (κ3) is 4.40. The Morgan fingerprint density at radius 2 is 2.00 bits per heavy atom. The lowest BCUT2D eigenvalue weighted by Crippen LogP contribution is -2.38. The average molecular weight is 344 g/mol. The van der Waals surface area contributed by atoms with Gasteiger partial charge in [0.1, 0.15) is 0 Å². The van der Waals surface area contributed by atoms with E-state index in [1.807, 2.05) is 6.07 Å². The molecule has 0 spiro atoms. The second kappa shape index (κ2) is 7.56. The zero-order valence-corrected chi connectivity index (χ0v) is 15.1. The van der Waals surface area contributed by atoms with Gasteiger partial charge < -0.3 is 15.3 Å². The number of carbonyl (C=O) groups is 2. The van der Waals surface area contributed by atoms with Gasteiger partial charge in [0.2, 0.25) is 5.91 Å². The van der Waals surface area contributed by atoms with E-state index in [-0.39, 0.29) is 29.8 Å². The summed E-state index contributed by atoms with van der Waals surface area (Å²) in [7, 11) is 1.78. The summed E-state index contributed by atoms with van der Waals surface area (Å²) in [6.07, 6.45) is 4.61. The molecule has 5 heteroatoms. The molecule has 4 atom stereocenters. The highest BCUT2D eigenvalue weighted by Crippen LogP contribution is 2.38. The van der Waals surface area contributed by atoms with Crippen LogP contribution in [-0.2, 0) is 4.79 Å². The van der Waals surface area contributed by atoms with Crippen molar-refractivity contribution >= 4 is 17.5 Å². The fourth-order valence-electron chi connectivity index (χ4n) is 3.71. The summed E-state index contributed by atoms with van der Waals surface area (Å²) in [5.74, 6) is 0.680. The Hall–Kier alpha value is -1.88. The maximum absolute atomic E-state index is 12.7. The van der Waals surface area contributed by atoms with Crippen LogP contribution in [0, 0.1) is 17.8 Å². The molecule has 5 nitrogen and oxygen atoms in total. The highest BCUT2D eigenvalue weighted by atomic mass is 16.3. The molecule has 3 rings (SSSR count). The predicted molar refractivity (Wildman–Crippen MR) is 97.3 cm³/mol. The lowest BCUT2D eigenvalue weighted by Gasteiger charge is -2.31. The number of nitrogens with one attached hydrogen (secondary N) is 1. The Morgan fingerprint density at radius 3 is 2.68 bits per heavy atom. The van der Waals surface area contributed by atoms with Gasteiger partial charge in [0, 0.05) is 36.7 Å². The number of carbonyl (C=O) groups excluding carboxylic acids is 2. The molecule has 0 aliphatic heterocycles. The van der Waals surface area contributed by atoms with E-state index in [1.54, 1.807) is 30.1 Å². The van der Waals surface area contributed by atoms with E-state index >= 15 is 0 Å². The summed E-state index contributed by atoms with van der Waals surface area (Å²) in [5.41, 5.74) is 1.23. The zero-order valence-electron chi connectivity index (χ0n) is 15.1. The maximum Gasteiger partial charge on any atom is 0.253 e. The van der Waals surface area contributed by atoms with Gasteiger partial charge in [-0.05, 0) is 43.4 Å². The van der Waals surface area contributed by atoms with Crippen molar-refractivity contribution in [3.8, 4) is 0 Å². The normalized spacial score (nSPS) is 28.3. The van der Waals surface area contributed by atoms with Crippen molar-refractivity contribution in [1.82, 2.24) is 4.90 Å². The van der Waals surface area contributed by atoms with Crippen molar-refractivity contribution in [3.63, 3.8) is 0 Å². The van der Waals surface area contributed by atoms with Gasteiger partial charge in [-0.25, -0.2) is 0 Å². The van der Waals surface area contributed by atoms with E-state index < -0.39 is 0 Å². The smallest absolute Gasteiger partial charge is 0.253 e. The number of rotatable bonds is 5. The zero-order chi connectivity index (χ0) is 18.0. The quantitative estimate of drug-likeness (QED) is 0.863. The van der Waals surface area contributed by atoms with Crippen molar-refractivity contribution in [1.29, 1.82) is 0 Å². The second-order valence-electron chi connectivity index (χ2n) is 7.69. The van der Waals surface area contributed by atoms with E-state index in [1.165, 1.54) is 0 Å². The molecule has 1 aromatic carbocycles. The second-order valence-corrected chi connectivity index (χ2v) is 7.69. The molecule has 2 amide bonds. The first-order chi connectivity index (χ1) is 12.0. The Kier molecular flexibility index (Phi) is 5.42. The summed E-state index contributed by atoms with van der Waals surface area (Å²) < 4.78 is 0. The molecule has 0 bridgehead atoms. The molecular formula is C20H28N2O3. The van der Waals surface area contributed by atoms with E-state index in [0.717, 1.165) is 32.1 Å². The summed E-state index contributed by atoms with van der Waals surface area (Å²) in [5, 5.41) is 13.0. The fraction of sp³-hybridized carbons (Fsp3) is 0.600. The average Bonchev–Trinajstić information content (AvgIpc) is 3.33. The number of hydrogen-bond acceptors (Lipinski definition) is 3. The van der Waals surface area contributed by atoms with Gasteiger partial charge in [-0.2, -0.15) is 0 Å². The van der Waals surface area contributed by atoms with Crippen LogP contribution in [0.4, 0.5) is 5.69 Å². The van der Waals surface area contributed by atoms with Crippen LogP contribution in [0.15, 0.2) is 24.3 Å². The van der Waals surface area contributed by atoms with Crippen molar-refractivity contribution in [2.75, 3.05) is 18.9 Å². The molecule has 0 saturated heterocycles. The SMILES string of the molecule is CC1CC1C(=O)Nc1cccc(C(=O)N(C)CC2CCCCC2O)c1. The third-order valence-corrected chi connectivity index (χ3v) is 5.55. The Bertz CT molecular complexity index is 646. The number of amides is 2. The first kappa shape index (κ1) is 17.9. The minimum absolute atomic E-state index is 0.0378. The van der Waals surface area contributed by atoms with Gasteiger partial charge in [0.05, 0.1) is 6.10 Å². The number of anilines is 1. The molecule has 2 saturated carbocycles. The van der Waals surface area contributed by atoms with Crippen molar-refractivity contribution in [3.05, 3.63) is 29.8 Å². The molecular weight excluding hydrogens is 316 g/mol. The number of aliphatic hydroxyl groups excluding tert-OH is 1. The first-order valence-electron chi connectivity index (χ1n) is 9.30. The Morgan fingerprint density at radius 1 is 1.28 bits per heavy atom. The fourth-order valence-corrected chi connectivity index (χ4v) is 3.71. The van der Waals surface area contributed by atoms with Crippen LogP contribution in [0.2, 0.25) is 0 Å². The van der Waals surface area contributed by atoms with Gasteiger partial charge in [0.25, 0.3) is 5.91 Å². The Labute approximate surface area is 149 Å². The molecule has 2 aliphatic rings. The van der Waals surface area contributed by atoms with Gasteiger partial charge in [-0.3, -0.25) is 9.59 Å². The molecule has 2 N–H and O–H groups in total. The van der Waals surface area contributed by atoms with Crippen LogP contribution in [0.5, 0.6) is 0 Å². The van der Waals surface area contributed by atoms with Crippen LogP contribution in [0.25, 0.3) is 0 Å². The van der Waals surface area contributed by atoms with Gasteiger partial charge >= 0.3 is 0 Å². The van der Waals surface area contributed by atoms with Gasteiger partial charge in [0.15, 0.2) is 0 Å². The monoisotopic (exact) mass is 344 g/mol.